The van der Waals surface area contributed by atoms with Crippen LogP contribution in [0, 0.1) is 30.1 Å². The predicted octanol–water partition coefficient (Wildman–Crippen LogP) is 3.02. The van der Waals surface area contributed by atoms with Crippen molar-refractivity contribution in [2.75, 3.05) is 0 Å². The molecule has 0 amide bonds. The van der Waals surface area contributed by atoms with Gasteiger partial charge in [0.1, 0.15) is 5.69 Å². The lowest BCUT2D eigenvalue weighted by Crippen LogP contribution is -2.41. The van der Waals surface area contributed by atoms with Gasteiger partial charge in [-0.25, -0.2) is 4.98 Å². The van der Waals surface area contributed by atoms with Gasteiger partial charge in [0, 0.05) is 10.9 Å². The zero-order chi connectivity index (χ0) is 18.2. The third-order valence-corrected chi connectivity index (χ3v) is 5.34. The molecule has 1 aromatic carbocycles. The van der Waals surface area contributed by atoms with Gasteiger partial charge < -0.3 is 9.31 Å². The molecule has 0 atom stereocenters. The topological polar surface area (TPSA) is 55.1 Å². The van der Waals surface area contributed by atoms with Crippen LogP contribution in [0.2, 0.25) is 0 Å². The quantitative estimate of drug-likeness (QED) is 0.586. The molecule has 2 aromatic rings. The van der Waals surface area contributed by atoms with E-state index in [1.54, 1.807) is 23.5 Å². The summed E-state index contributed by atoms with van der Waals surface area (Å²) in [7, 11) is -0.514. The molecule has 0 radical (unpaired) electrons. The molecule has 1 aliphatic heterocycles. The Labute approximate surface area is 153 Å². The summed E-state index contributed by atoms with van der Waals surface area (Å²) < 4.78 is 12.2. The molecule has 0 N–H and O–H groups in total. The summed E-state index contributed by atoms with van der Waals surface area (Å²) in [6, 6.07) is 7.65. The molecule has 0 unspecified atom stereocenters. The van der Waals surface area contributed by atoms with Crippen LogP contribution in [-0.4, -0.2) is 23.3 Å². The average Bonchev–Trinajstić information content (AvgIpc) is 3.05. The fraction of sp³-hybridized carbons (Fsp3) is 0.368. The summed E-state index contributed by atoms with van der Waals surface area (Å²) in [5, 5.41) is 12.2. The second-order valence-electron chi connectivity index (χ2n) is 7.05. The average molecular weight is 350 g/mol. The van der Waals surface area contributed by atoms with Crippen LogP contribution in [0.3, 0.4) is 0 Å². The van der Waals surface area contributed by atoms with Crippen LogP contribution < -0.4 is 5.46 Å². The zero-order valence-electron chi connectivity index (χ0n) is 15.0. The minimum Gasteiger partial charge on any atom is -0.399 e. The van der Waals surface area contributed by atoms with E-state index in [4.69, 9.17) is 9.31 Å². The van der Waals surface area contributed by atoms with E-state index in [0.29, 0.717) is 5.56 Å². The lowest BCUT2D eigenvalue weighted by atomic mass is 9.77. The van der Waals surface area contributed by atoms with Gasteiger partial charge in [0.2, 0.25) is 0 Å². The van der Waals surface area contributed by atoms with E-state index in [0.717, 1.165) is 21.7 Å². The van der Waals surface area contributed by atoms with E-state index in [2.05, 4.69) is 22.9 Å². The molecule has 0 spiro atoms. The van der Waals surface area contributed by atoms with Gasteiger partial charge in [0.15, 0.2) is 0 Å². The van der Waals surface area contributed by atoms with Gasteiger partial charge in [-0.05, 0) is 64.2 Å². The normalized spacial score (nSPS) is 17.7. The predicted molar refractivity (Wildman–Crippen MR) is 99.7 cm³/mol. The van der Waals surface area contributed by atoms with E-state index in [-0.39, 0.29) is 0 Å². The number of benzene rings is 1. The Morgan fingerprint density at radius 1 is 1.04 bits per heavy atom. The van der Waals surface area contributed by atoms with Gasteiger partial charge in [-0.3, -0.25) is 0 Å². The number of hydrogen-bond donors (Lipinski definition) is 0. The summed E-state index contributed by atoms with van der Waals surface area (Å²) in [5.74, 6) is 6.13. The minimum absolute atomic E-state index is 0.426. The number of aryl methyl sites for hydroxylation is 1. The van der Waals surface area contributed by atoms with Crippen LogP contribution in [0.4, 0.5) is 0 Å². The van der Waals surface area contributed by atoms with Crippen molar-refractivity contribution in [2.24, 2.45) is 0 Å². The number of nitrogens with zero attached hydrogens (tertiary/aromatic N) is 2. The fourth-order valence-electron chi connectivity index (χ4n) is 2.46. The maximum atomic E-state index is 9.33. The van der Waals surface area contributed by atoms with Crippen LogP contribution >= 0.6 is 11.3 Å². The van der Waals surface area contributed by atoms with Crippen molar-refractivity contribution in [3.05, 3.63) is 45.4 Å². The first-order chi connectivity index (χ1) is 11.7. The molecule has 1 aliphatic rings. The lowest BCUT2D eigenvalue weighted by Gasteiger charge is -2.32. The first-order valence-electron chi connectivity index (χ1n) is 8.05. The Bertz CT molecular complexity index is 899. The van der Waals surface area contributed by atoms with Crippen molar-refractivity contribution < 1.29 is 9.31 Å². The molecule has 4 nitrogen and oxygen atoms in total. The van der Waals surface area contributed by atoms with E-state index >= 15 is 0 Å². The highest BCUT2D eigenvalue weighted by Gasteiger charge is 2.51. The van der Waals surface area contributed by atoms with Crippen molar-refractivity contribution in [1.29, 1.82) is 5.26 Å². The maximum Gasteiger partial charge on any atom is 0.494 e. The second-order valence-corrected chi connectivity index (χ2v) is 8.11. The highest BCUT2D eigenvalue weighted by Crippen LogP contribution is 2.36. The second kappa shape index (κ2) is 6.31. The number of nitriles is 1. The highest BCUT2D eigenvalue weighted by molar-refractivity contribution is 7.09. The largest absolute Gasteiger partial charge is 0.494 e. The molecule has 3 rings (SSSR count). The summed E-state index contributed by atoms with van der Waals surface area (Å²) in [5.41, 5.74) is 1.97. The molecule has 0 aliphatic carbocycles. The minimum atomic E-state index is -0.514. The SMILES string of the molecule is Cc1nc(C#Cc2cc(C#N)cc(B3OC(C)(C)C(C)(C)O3)c2)cs1. The summed E-state index contributed by atoms with van der Waals surface area (Å²) in [6.07, 6.45) is 0. The summed E-state index contributed by atoms with van der Waals surface area (Å²) >= 11 is 1.56. The monoisotopic (exact) mass is 350 g/mol. The van der Waals surface area contributed by atoms with Gasteiger partial charge in [-0.15, -0.1) is 11.3 Å². The molecule has 1 aromatic heterocycles. The Hall–Kier alpha value is -2.12. The maximum absolute atomic E-state index is 9.33. The lowest BCUT2D eigenvalue weighted by molar-refractivity contribution is 0.00578. The molecule has 25 heavy (non-hydrogen) atoms. The molecule has 6 heteroatoms. The summed E-state index contributed by atoms with van der Waals surface area (Å²) in [6.45, 7) is 9.97. The Morgan fingerprint density at radius 3 is 2.24 bits per heavy atom. The smallest absolute Gasteiger partial charge is 0.399 e. The zero-order valence-corrected chi connectivity index (χ0v) is 15.8. The van der Waals surface area contributed by atoms with E-state index in [1.165, 1.54) is 0 Å². The van der Waals surface area contributed by atoms with Crippen LogP contribution in [-0.2, 0) is 9.31 Å². The first kappa shape index (κ1) is 17.7. The van der Waals surface area contributed by atoms with Gasteiger partial charge in [0.05, 0.1) is 27.8 Å². The first-order valence-corrected chi connectivity index (χ1v) is 8.93. The van der Waals surface area contributed by atoms with Crippen molar-refractivity contribution in [3.8, 4) is 17.9 Å². The van der Waals surface area contributed by atoms with Gasteiger partial charge >= 0.3 is 7.12 Å². The number of thiazole rings is 1. The molecule has 0 bridgehead atoms. The van der Waals surface area contributed by atoms with Gasteiger partial charge in [-0.2, -0.15) is 5.26 Å². The molecular formula is C19H19BN2O2S. The van der Waals surface area contributed by atoms with Crippen molar-refractivity contribution in [3.63, 3.8) is 0 Å². The van der Waals surface area contributed by atoms with E-state index in [9.17, 15) is 5.26 Å². The third-order valence-electron chi connectivity index (χ3n) is 4.56. The van der Waals surface area contributed by atoms with Crippen molar-refractivity contribution in [1.82, 2.24) is 4.98 Å². The standard InChI is InChI=1S/C19H19BN2O2S/c1-13-22-17(12-25-13)7-6-14-8-15(11-21)10-16(9-14)20-23-18(2,3)19(4,5)24-20/h8-10,12H,1-5H3. The molecule has 1 saturated heterocycles. The molecule has 126 valence electrons. The van der Waals surface area contributed by atoms with E-state index < -0.39 is 18.3 Å². The fourth-order valence-corrected chi connectivity index (χ4v) is 3.01. The van der Waals surface area contributed by atoms with Crippen LogP contribution in [0.1, 0.15) is 49.5 Å². The van der Waals surface area contributed by atoms with Crippen LogP contribution in [0.15, 0.2) is 23.6 Å². The number of aromatic nitrogens is 1. The Morgan fingerprint density at radius 2 is 1.68 bits per heavy atom. The number of rotatable bonds is 1. The van der Waals surface area contributed by atoms with Crippen molar-refractivity contribution in [2.45, 2.75) is 45.8 Å². The van der Waals surface area contributed by atoms with Crippen LogP contribution in [0.5, 0.6) is 0 Å². The number of hydrogen-bond acceptors (Lipinski definition) is 5. The molecule has 1 fully saturated rings. The Kier molecular flexibility index (Phi) is 4.47. The Balaban J connectivity index is 1.94. The molecule has 2 heterocycles. The molecule has 0 saturated carbocycles. The van der Waals surface area contributed by atoms with Gasteiger partial charge in [-0.1, -0.05) is 5.92 Å². The van der Waals surface area contributed by atoms with Crippen molar-refractivity contribution >= 4 is 23.9 Å². The van der Waals surface area contributed by atoms with E-state index in [1.807, 2.05) is 46.1 Å². The van der Waals surface area contributed by atoms with Crippen LogP contribution in [0.25, 0.3) is 0 Å². The summed E-state index contributed by atoms with van der Waals surface area (Å²) in [4.78, 5) is 4.34. The third kappa shape index (κ3) is 3.62. The molecular weight excluding hydrogens is 331 g/mol. The highest BCUT2D eigenvalue weighted by atomic mass is 32.1. The van der Waals surface area contributed by atoms with Gasteiger partial charge in [0.25, 0.3) is 0 Å².